The molecule has 1 N–H and O–H groups in total. The van der Waals surface area contributed by atoms with Crippen molar-refractivity contribution >= 4 is 5.91 Å². The van der Waals surface area contributed by atoms with Crippen LogP contribution < -0.4 is 10.1 Å². The molecule has 1 amide bonds. The van der Waals surface area contributed by atoms with Crippen LogP contribution in [-0.2, 0) is 18.4 Å². The van der Waals surface area contributed by atoms with E-state index < -0.39 is 0 Å². The number of ether oxygens (including phenoxy) is 1. The highest BCUT2D eigenvalue weighted by Gasteiger charge is 2.31. The van der Waals surface area contributed by atoms with Gasteiger partial charge in [0.05, 0.1) is 24.4 Å². The van der Waals surface area contributed by atoms with Crippen LogP contribution >= 0.6 is 0 Å². The summed E-state index contributed by atoms with van der Waals surface area (Å²) in [5, 5.41) is 7.39. The monoisotopic (exact) mass is 294 g/mol. The molecular weight excluding hydrogens is 268 g/mol. The Bertz CT molecular complexity index is 510. The average molecular weight is 294 g/mol. The highest BCUT2D eigenvalue weighted by atomic mass is 16.5. The molecule has 0 radical (unpaired) electrons. The number of piperazine rings is 1. The molecule has 1 aromatic heterocycles. The van der Waals surface area contributed by atoms with Gasteiger partial charge in [-0.15, -0.1) is 0 Å². The fourth-order valence-electron chi connectivity index (χ4n) is 2.98. The number of hydrogen-bond donors (Lipinski definition) is 1. The molecule has 0 saturated carbocycles. The molecule has 0 unspecified atom stereocenters. The number of carbonyl (C=O) groups is 1. The van der Waals surface area contributed by atoms with Gasteiger partial charge in [-0.3, -0.25) is 9.69 Å². The maximum absolute atomic E-state index is 12.2. The van der Waals surface area contributed by atoms with Gasteiger partial charge in [0.15, 0.2) is 0 Å². The summed E-state index contributed by atoms with van der Waals surface area (Å²) in [6.07, 6.45) is 0.869. The minimum absolute atomic E-state index is 0.0666. The minimum Gasteiger partial charge on any atom is -0.481 e. The van der Waals surface area contributed by atoms with E-state index in [1.54, 1.807) is 11.8 Å². The lowest BCUT2D eigenvalue weighted by Gasteiger charge is -2.35. The number of methoxy groups -OCH3 is 1. The Kier molecular flexibility index (Phi) is 4.88. The summed E-state index contributed by atoms with van der Waals surface area (Å²) in [5.41, 5.74) is 2.03. The summed E-state index contributed by atoms with van der Waals surface area (Å²) < 4.78 is 7.21. The Hall–Kier alpha value is -1.56. The molecule has 1 atom stereocenters. The summed E-state index contributed by atoms with van der Waals surface area (Å²) in [6, 6.07) is -0.0666. The lowest BCUT2D eigenvalue weighted by molar-refractivity contribution is -0.130. The summed E-state index contributed by atoms with van der Waals surface area (Å²) in [5.74, 6) is 1.40. The van der Waals surface area contributed by atoms with Crippen molar-refractivity contribution in [3.05, 3.63) is 11.3 Å². The minimum atomic E-state index is -0.0666. The van der Waals surface area contributed by atoms with Gasteiger partial charge in [-0.25, -0.2) is 4.68 Å². The fraction of sp³-hybridized carbons (Fsp3) is 0.733. The topological polar surface area (TPSA) is 59.4 Å². The van der Waals surface area contributed by atoms with Gasteiger partial charge in [0.2, 0.25) is 11.8 Å². The molecule has 0 aromatic carbocycles. The average Bonchev–Trinajstić information content (AvgIpc) is 2.67. The summed E-state index contributed by atoms with van der Waals surface area (Å²) >= 11 is 0. The molecule has 6 nitrogen and oxygen atoms in total. The van der Waals surface area contributed by atoms with E-state index in [4.69, 9.17) is 4.74 Å². The number of nitrogens with one attached hydrogen (secondary N) is 1. The zero-order valence-corrected chi connectivity index (χ0v) is 13.6. The first kappa shape index (κ1) is 15.8. The molecule has 1 aliphatic heterocycles. The van der Waals surface area contributed by atoms with Crippen LogP contribution in [0.15, 0.2) is 0 Å². The third kappa shape index (κ3) is 3.37. The molecule has 1 aliphatic rings. The molecule has 1 aromatic rings. The van der Waals surface area contributed by atoms with Gasteiger partial charge in [0.25, 0.3) is 0 Å². The molecule has 0 aliphatic carbocycles. The van der Waals surface area contributed by atoms with Crippen LogP contribution in [0.25, 0.3) is 0 Å². The summed E-state index contributed by atoms with van der Waals surface area (Å²) in [7, 11) is 3.54. The molecule has 1 fully saturated rings. The van der Waals surface area contributed by atoms with Crippen LogP contribution in [0, 0.1) is 12.8 Å². The highest BCUT2D eigenvalue weighted by Crippen LogP contribution is 2.25. The predicted molar refractivity (Wildman–Crippen MR) is 81.2 cm³/mol. The number of nitrogens with zero attached hydrogens (tertiary/aromatic N) is 3. The van der Waals surface area contributed by atoms with Crippen LogP contribution in [0.2, 0.25) is 0 Å². The Balaban J connectivity index is 2.21. The zero-order valence-electron chi connectivity index (χ0n) is 13.6. The van der Waals surface area contributed by atoms with Crippen molar-refractivity contribution in [2.24, 2.45) is 13.0 Å². The zero-order chi connectivity index (χ0) is 15.6. The van der Waals surface area contributed by atoms with Crippen molar-refractivity contribution in [1.82, 2.24) is 20.0 Å². The van der Waals surface area contributed by atoms with Crippen LogP contribution in [-0.4, -0.2) is 46.8 Å². The van der Waals surface area contributed by atoms with E-state index in [0.29, 0.717) is 19.0 Å². The SMILES string of the molecule is COc1c(CN2CCNC(=O)[C@@H]2CC(C)C)c(C)nn1C. The largest absolute Gasteiger partial charge is 0.481 e. The number of hydrogen-bond acceptors (Lipinski definition) is 4. The smallest absolute Gasteiger partial charge is 0.237 e. The molecule has 0 spiro atoms. The quantitative estimate of drug-likeness (QED) is 0.883. The lowest BCUT2D eigenvalue weighted by Crippen LogP contribution is -2.55. The Morgan fingerprint density at radius 1 is 1.48 bits per heavy atom. The van der Waals surface area contributed by atoms with E-state index in [9.17, 15) is 4.79 Å². The number of aryl methyl sites for hydroxylation is 2. The van der Waals surface area contributed by atoms with Gasteiger partial charge in [0.1, 0.15) is 0 Å². The van der Waals surface area contributed by atoms with Crippen molar-refractivity contribution in [1.29, 1.82) is 0 Å². The number of carbonyl (C=O) groups excluding carboxylic acids is 1. The van der Waals surface area contributed by atoms with E-state index >= 15 is 0 Å². The number of amides is 1. The number of rotatable bonds is 5. The van der Waals surface area contributed by atoms with Crippen LogP contribution in [0.1, 0.15) is 31.5 Å². The van der Waals surface area contributed by atoms with Crippen molar-refractivity contribution in [2.45, 2.75) is 39.8 Å². The molecule has 2 rings (SSSR count). The number of aromatic nitrogens is 2. The van der Waals surface area contributed by atoms with Crippen molar-refractivity contribution in [3.8, 4) is 5.88 Å². The van der Waals surface area contributed by atoms with Gasteiger partial charge in [-0.05, 0) is 19.3 Å². The van der Waals surface area contributed by atoms with Gasteiger partial charge >= 0.3 is 0 Å². The third-order valence-corrected chi connectivity index (χ3v) is 3.98. The standard InChI is InChI=1S/C15H26N4O2/c1-10(2)8-13-14(20)16-6-7-19(13)9-12-11(3)17-18(4)15(12)21-5/h10,13H,6-9H2,1-5H3,(H,16,20)/t13-/m0/s1. The normalized spacial score (nSPS) is 19.9. The molecule has 6 heteroatoms. The third-order valence-electron chi connectivity index (χ3n) is 3.98. The van der Waals surface area contributed by atoms with E-state index in [2.05, 4.69) is 29.2 Å². The molecule has 2 heterocycles. The predicted octanol–water partition coefficient (Wildman–Crippen LogP) is 1.08. The molecule has 1 saturated heterocycles. The van der Waals surface area contributed by atoms with Crippen LogP contribution in [0.3, 0.4) is 0 Å². The van der Waals surface area contributed by atoms with Gasteiger partial charge in [-0.1, -0.05) is 13.8 Å². The van der Waals surface area contributed by atoms with Crippen LogP contribution in [0.5, 0.6) is 5.88 Å². The van der Waals surface area contributed by atoms with E-state index in [0.717, 1.165) is 30.1 Å². The van der Waals surface area contributed by atoms with Gasteiger partial charge in [-0.2, -0.15) is 5.10 Å². The molecular formula is C15H26N4O2. The second kappa shape index (κ2) is 6.47. The van der Waals surface area contributed by atoms with E-state index in [-0.39, 0.29) is 11.9 Å². The maximum Gasteiger partial charge on any atom is 0.237 e. The summed E-state index contributed by atoms with van der Waals surface area (Å²) in [4.78, 5) is 14.4. The Morgan fingerprint density at radius 2 is 2.19 bits per heavy atom. The maximum atomic E-state index is 12.2. The van der Waals surface area contributed by atoms with Crippen molar-refractivity contribution in [3.63, 3.8) is 0 Å². The van der Waals surface area contributed by atoms with E-state index in [1.165, 1.54) is 0 Å². The van der Waals surface area contributed by atoms with Gasteiger partial charge < -0.3 is 10.1 Å². The second-order valence-corrected chi connectivity index (χ2v) is 6.10. The lowest BCUT2D eigenvalue weighted by atomic mass is 9.99. The Morgan fingerprint density at radius 3 is 2.81 bits per heavy atom. The molecule has 118 valence electrons. The Labute approximate surface area is 126 Å². The first-order chi connectivity index (χ1) is 9.93. The van der Waals surface area contributed by atoms with E-state index in [1.807, 2.05) is 14.0 Å². The van der Waals surface area contributed by atoms with Crippen molar-refractivity contribution in [2.75, 3.05) is 20.2 Å². The van der Waals surface area contributed by atoms with Crippen LogP contribution in [0.4, 0.5) is 0 Å². The van der Waals surface area contributed by atoms with Crippen molar-refractivity contribution < 1.29 is 9.53 Å². The molecule has 0 bridgehead atoms. The highest BCUT2D eigenvalue weighted by molar-refractivity contribution is 5.82. The second-order valence-electron chi connectivity index (χ2n) is 6.10. The first-order valence-corrected chi connectivity index (χ1v) is 7.52. The molecule has 21 heavy (non-hydrogen) atoms. The van der Waals surface area contributed by atoms with Gasteiger partial charge in [0, 0.05) is 26.7 Å². The summed E-state index contributed by atoms with van der Waals surface area (Å²) in [6.45, 7) is 8.55. The first-order valence-electron chi connectivity index (χ1n) is 7.52. The fourth-order valence-corrected chi connectivity index (χ4v) is 2.98.